The van der Waals surface area contributed by atoms with Crippen molar-refractivity contribution in [1.29, 1.82) is 0 Å². The van der Waals surface area contributed by atoms with Crippen LogP contribution in [0.5, 0.6) is 0 Å². The molecule has 0 saturated carbocycles. The monoisotopic (exact) mass is 514 g/mol. The Morgan fingerprint density at radius 2 is 1.61 bits per heavy atom. The molecule has 6 nitrogen and oxygen atoms in total. The van der Waals surface area contributed by atoms with Crippen LogP contribution in [0.15, 0.2) is 106 Å². The van der Waals surface area contributed by atoms with Crippen molar-refractivity contribution in [3.05, 3.63) is 103 Å². The van der Waals surface area contributed by atoms with E-state index in [9.17, 15) is 0 Å². The maximum absolute atomic E-state index is 6.41. The molecule has 1 N–H and O–H groups in total. The van der Waals surface area contributed by atoms with E-state index in [0.29, 0.717) is 5.11 Å². The molecule has 6 rings (SSSR count). The summed E-state index contributed by atoms with van der Waals surface area (Å²) < 4.78 is 11.9. The van der Waals surface area contributed by atoms with Gasteiger partial charge in [-0.3, -0.25) is 4.98 Å². The molecule has 2 fully saturated rings. The summed E-state index contributed by atoms with van der Waals surface area (Å²) in [4.78, 5) is 10.3. The van der Waals surface area contributed by atoms with Crippen molar-refractivity contribution in [3.63, 3.8) is 0 Å². The van der Waals surface area contributed by atoms with Gasteiger partial charge in [0.1, 0.15) is 11.8 Å². The highest BCUT2D eigenvalue weighted by atomic mass is 32.2. The van der Waals surface area contributed by atoms with Crippen molar-refractivity contribution in [2.75, 3.05) is 36.1 Å². The highest BCUT2D eigenvalue weighted by molar-refractivity contribution is 7.99. The lowest BCUT2D eigenvalue weighted by molar-refractivity contribution is 0.122. The fraction of sp³-hybridized carbons (Fsp3) is 0.214. The van der Waals surface area contributed by atoms with E-state index in [1.807, 2.05) is 48.7 Å². The summed E-state index contributed by atoms with van der Waals surface area (Å²) in [6, 6.07) is 28.6. The fourth-order valence-corrected chi connectivity index (χ4v) is 5.87. The van der Waals surface area contributed by atoms with Crippen molar-refractivity contribution in [2.24, 2.45) is 0 Å². The van der Waals surface area contributed by atoms with Crippen LogP contribution in [0.2, 0.25) is 0 Å². The molecule has 8 heteroatoms. The number of furan rings is 1. The largest absolute Gasteiger partial charge is 0.452 e. The van der Waals surface area contributed by atoms with Crippen LogP contribution in [0, 0.1) is 0 Å². The molecule has 0 spiro atoms. The number of benzene rings is 2. The zero-order valence-electron chi connectivity index (χ0n) is 19.6. The molecule has 4 aromatic rings. The minimum Gasteiger partial charge on any atom is -0.452 e. The van der Waals surface area contributed by atoms with Crippen LogP contribution >= 0.6 is 24.0 Å². The van der Waals surface area contributed by atoms with Gasteiger partial charge in [-0.15, -0.1) is 0 Å². The van der Waals surface area contributed by atoms with Gasteiger partial charge < -0.3 is 24.3 Å². The maximum Gasteiger partial charge on any atom is 0.174 e. The fourth-order valence-electron chi connectivity index (χ4n) is 4.72. The van der Waals surface area contributed by atoms with Crippen LogP contribution in [0.3, 0.4) is 0 Å². The molecule has 0 aliphatic carbocycles. The Hall–Kier alpha value is -3.33. The minimum absolute atomic E-state index is 0.140. The average molecular weight is 515 g/mol. The van der Waals surface area contributed by atoms with E-state index in [1.54, 1.807) is 11.8 Å². The molecule has 2 atom stereocenters. The van der Waals surface area contributed by atoms with Crippen LogP contribution in [0.4, 0.5) is 11.4 Å². The van der Waals surface area contributed by atoms with Gasteiger partial charge >= 0.3 is 0 Å². The molecule has 0 amide bonds. The second-order valence-electron chi connectivity index (χ2n) is 8.68. The number of aromatic nitrogens is 1. The standard InChI is InChI=1S/C28H26N4O2S2/c35-28-30-26(23-8-4-5-15-29-23)27(24-13-14-25(34-24)36-22-6-2-1-3-7-22)32(28)21-11-9-20(10-12-21)31-16-18-33-19-17-31/h1-15,26-27H,16-19H2,(H,30,35)/t26-,27-/m1/s1. The molecule has 182 valence electrons. The molecule has 4 heterocycles. The Kier molecular flexibility index (Phi) is 6.63. The van der Waals surface area contributed by atoms with Gasteiger partial charge in [-0.25, -0.2) is 0 Å². The summed E-state index contributed by atoms with van der Waals surface area (Å²) in [5, 5.41) is 5.01. The van der Waals surface area contributed by atoms with Gasteiger partial charge in [0.25, 0.3) is 0 Å². The van der Waals surface area contributed by atoms with Crippen molar-refractivity contribution >= 4 is 40.5 Å². The summed E-state index contributed by atoms with van der Waals surface area (Å²) in [6.45, 7) is 3.33. The molecule has 36 heavy (non-hydrogen) atoms. The molecule has 0 bridgehead atoms. The van der Waals surface area contributed by atoms with E-state index in [-0.39, 0.29) is 12.1 Å². The Balaban J connectivity index is 1.33. The van der Waals surface area contributed by atoms with Crippen molar-refractivity contribution in [1.82, 2.24) is 10.3 Å². The Morgan fingerprint density at radius 1 is 0.861 bits per heavy atom. The van der Waals surface area contributed by atoms with E-state index < -0.39 is 0 Å². The molecular formula is C28H26N4O2S2. The second kappa shape index (κ2) is 10.3. The zero-order chi connectivity index (χ0) is 24.3. The van der Waals surface area contributed by atoms with E-state index in [1.165, 1.54) is 5.69 Å². The molecule has 2 aromatic heterocycles. The summed E-state index contributed by atoms with van der Waals surface area (Å²) in [5.74, 6) is 0.841. The smallest absolute Gasteiger partial charge is 0.174 e. The van der Waals surface area contributed by atoms with Gasteiger partial charge in [0.05, 0.1) is 24.9 Å². The van der Waals surface area contributed by atoms with Crippen LogP contribution in [-0.4, -0.2) is 36.4 Å². The highest BCUT2D eigenvalue weighted by Crippen LogP contribution is 2.43. The first kappa shape index (κ1) is 23.1. The van der Waals surface area contributed by atoms with Crippen LogP contribution in [0.1, 0.15) is 23.5 Å². The summed E-state index contributed by atoms with van der Waals surface area (Å²) >= 11 is 7.47. The van der Waals surface area contributed by atoms with Crippen LogP contribution in [0.25, 0.3) is 0 Å². The van der Waals surface area contributed by atoms with Crippen molar-refractivity contribution < 1.29 is 9.15 Å². The Labute approximate surface area is 220 Å². The summed E-state index contributed by atoms with van der Waals surface area (Å²) in [5.41, 5.74) is 3.13. The Morgan fingerprint density at radius 3 is 2.36 bits per heavy atom. The van der Waals surface area contributed by atoms with Gasteiger partial charge in [-0.2, -0.15) is 0 Å². The molecule has 0 radical (unpaired) electrons. The number of ether oxygens (including phenoxy) is 1. The Bertz CT molecular complexity index is 1310. The molecule has 2 saturated heterocycles. The van der Waals surface area contributed by atoms with Crippen LogP contribution in [-0.2, 0) is 4.74 Å². The number of nitrogens with zero attached hydrogens (tertiary/aromatic N) is 3. The molecule has 2 aliphatic rings. The number of hydrogen-bond donors (Lipinski definition) is 1. The van der Waals surface area contributed by atoms with Gasteiger partial charge in [0.2, 0.25) is 0 Å². The normalized spacial score (nSPS) is 19.9. The number of anilines is 2. The highest BCUT2D eigenvalue weighted by Gasteiger charge is 2.42. The second-order valence-corrected chi connectivity index (χ2v) is 10.1. The summed E-state index contributed by atoms with van der Waals surface area (Å²) in [6.07, 6.45) is 1.82. The quantitative estimate of drug-likeness (QED) is 0.322. The molecule has 2 aromatic carbocycles. The van der Waals surface area contributed by atoms with Gasteiger partial charge in [-0.05, 0) is 72.9 Å². The number of morpholine rings is 1. The lowest BCUT2D eigenvalue weighted by Gasteiger charge is -2.30. The van der Waals surface area contributed by atoms with Crippen molar-refractivity contribution in [2.45, 2.75) is 22.1 Å². The maximum atomic E-state index is 6.41. The van der Waals surface area contributed by atoms with Gasteiger partial charge in [0.15, 0.2) is 10.2 Å². The summed E-state index contributed by atoms with van der Waals surface area (Å²) in [7, 11) is 0. The minimum atomic E-state index is -0.174. The third-order valence-corrected chi connectivity index (χ3v) is 7.70. The van der Waals surface area contributed by atoms with E-state index >= 15 is 0 Å². The first-order valence-corrected chi connectivity index (χ1v) is 13.2. The number of pyridine rings is 1. The predicted molar refractivity (Wildman–Crippen MR) is 147 cm³/mol. The SMILES string of the molecule is S=C1N[C@H](c2ccccn2)[C@@H](c2ccc(Sc3ccccc3)o2)N1c1ccc(N2CCOCC2)cc1. The molecule has 0 unspecified atom stereocenters. The first-order valence-electron chi connectivity index (χ1n) is 12.0. The molecular weight excluding hydrogens is 488 g/mol. The number of thiocarbonyl (C=S) groups is 1. The van der Waals surface area contributed by atoms with Gasteiger partial charge in [-0.1, -0.05) is 36.0 Å². The van der Waals surface area contributed by atoms with E-state index in [2.05, 4.69) is 62.6 Å². The molecule has 2 aliphatic heterocycles. The lowest BCUT2D eigenvalue weighted by Crippen LogP contribution is -2.36. The lowest BCUT2D eigenvalue weighted by atomic mass is 10.0. The average Bonchev–Trinajstić information content (AvgIpc) is 3.54. The van der Waals surface area contributed by atoms with Crippen molar-refractivity contribution in [3.8, 4) is 0 Å². The number of nitrogens with one attached hydrogen (secondary N) is 1. The number of rotatable bonds is 6. The number of hydrogen-bond acceptors (Lipinski definition) is 6. The topological polar surface area (TPSA) is 53.8 Å². The van der Waals surface area contributed by atoms with Gasteiger partial charge in [0, 0.05) is 35.6 Å². The predicted octanol–water partition coefficient (Wildman–Crippen LogP) is 5.84. The van der Waals surface area contributed by atoms with E-state index in [4.69, 9.17) is 21.4 Å². The zero-order valence-corrected chi connectivity index (χ0v) is 21.3. The first-order chi connectivity index (χ1) is 17.8. The van der Waals surface area contributed by atoms with Crippen LogP contribution < -0.4 is 15.1 Å². The van der Waals surface area contributed by atoms with E-state index in [0.717, 1.165) is 53.4 Å². The third-order valence-electron chi connectivity index (χ3n) is 6.46. The third kappa shape index (κ3) is 4.72.